The first-order chi connectivity index (χ1) is 13.1. The van der Waals surface area contributed by atoms with E-state index < -0.39 is 0 Å². The zero-order valence-electron chi connectivity index (χ0n) is 17.2. The third kappa shape index (κ3) is 3.61. The molecule has 148 valence electrons. The molecule has 0 N–H and O–H groups in total. The molecule has 1 aromatic carbocycles. The van der Waals surface area contributed by atoms with Gasteiger partial charge in [-0.2, -0.15) is 0 Å². The van der Waals surface area contributed by atoms with Crippen molar-refractivity contribution in [3.05, 3.63) is 29.8 Å². The van der Waals surface area contributed by atoms with Crippen molar-refractivity contribution in [1.29, 1.82) is 0 Å². The van der Waals surface area contributed by atoms with Crippen LogP contribution < -0.4 is 4.90 Å². The van der Waals surface area contributed by atoms with Crippen LogP contribution in [-0.4, -0.2) is 61.5 Å². The van der Waals surface area contributed by atoms with Crippen LogP contribution in [0, 0.1) is 11.8 Å². The minimum atomic E-state index is 0.230. The van der Waals surface area contributed by atoms with Crippen molar-refractivity contribution < 1.29 is 4.79 Å². The summed E-state index contributed by atoms with van der Waals surface area (Å²) in [6.45, 7) is 5.47. The van der Waals surface area contributed by atoms with E-state index in [0.29, 0.717) is 23.9 Å². The Bertz CT molecular complexity index is 673. The second-order valence-corrected chi connectivity index (χ2v) is 9.07. The molecule has 3 aliphatic heterocycles. The summed E-state index contributed by atoms with van der Waals surface area (Å²) in [6.07, 6.45) is 7.90. The molecule has 0 unspecified atom stereocenters. The van der Waals surface area contributed by atoms with Crippen molar-refractivity contribution in [2.45, 2.75) is 57.5 Å². The van der Waals surface area contributed by atoms with Gasteiger partial charge in [0, 0.05) is 50.5 Å². The standard InChI is InChI=1S/C23H35N3O/c1-4-8-21-18-13-19(22-11-5-6-12-26(21)22)16-25(15-18)23(27)17-9-7-10-20(14-17)24(2)3/h7,9-10,14,18-19,21-22H,4-6,8,11-13,15-16H2,1-3H3/t18-,19+,21-,22-/m0/s1. The largest absolute Gasteiger partial charge is 0.378 e. The maximum atomic E-state index is 13.3. The maximum absolute atomic E-state index is 13.3. The second-order valence-electron chi connectivity index (χ2n) is 9.07. The van der Waals surface area contributed by atoms with Gasteiger partial charge in [0.25, 0.3) is 5.91 Å². The molecule has 4 heteroatoms. The Morgan fingerprint density at radius 3 is 2.78 bits per heavy atom. The number of rotatable bonds is 4. The number of carbonyl (C=O) groups excluding carboxylic acids is 1. The molecule has 4 rings (SSSR count). The molecule has 4 nitrogen and oxygen atoms in total. The molecule has 2 bridgehead atoms. The van der Waals surface area contributed by atoms with Crippen LogP contribution in [0.3, 0.4) is 0 Å². The third-order valence-corrected chi connectivity index (χ3v) is 7.10. The maximum Gasteiger partial charge on any atom is 0.253 e. The van der Waals surface area contributed by atoms with Crippen LogP contribution in [0.5, 0.6) is 0 Å². The molecule has 1 aromatic rings. The molecular weight excluding hydrogens is 334 g/mol. The van der Waals surface area contributed by atoms with Crippen LogP contribution in [-0.2, 0) is 0 Å². The number of amides is 1. The first-order valence-corrected chi connectivity index (χ1v) is 10.9. The van der Waals surface area contributed by atoms with E-state index in [1.807, 2.05) is 32.3 Å². The SMILES string of the molecule is CCC[C@H]1[C@H]2C[C@H](CN(C(=O)c3cccc(N(C)C)c3)C2)[C@@H]2CCCCN21. The normalized spacial score (nSPS) is 30.7. The first-order valence-electron chi connectivity index (χ1n) is 10.9. The van der Waals surface area contributed by atoms with E-state index in [0.717, 1.165) is 24.3 Å². The fraction of sp³-hybridized carbons (Fsp3) is 0.696. The lowest BCUT2D eigenvalue weighted by Gasteiger charge is -2.57. The number of nitrogens with zero attached hydrogens (tertiary/aromatic N) is 3. The second kappa shape index (κ2) is 7.83. The lowest BCUT2D eigenvalue weighted by atomic mass is 9.71. The molecule has 0 aromatic heterocycles. The highest BCUT2D eigenvalue weighted by Gasteiger charge is 2.47. The van der Waals surface area contributed by atoms with Gasteiger partial charge in [-0.05, 0) is 62.3 Å². The summed E-state index contributed by atoms with van der Waals surface area (Å²) >= 11 is 0. The topological polar surface area (TPSA) is 26.8 Å². The van der Waals surface area contributed by atoms with Crippen molar-refractivity contribution in [2.75, 3.05) is 38.6 Å². The van der Waals surface area contributed by atoms with Crippen LogP contribution in [0.4, 0.5) is 5.69 Å². The van der Waals surface area contributed by atoms with Crippen molar-refractivity contribution >= 4 is 11.6 Å². The zero-order valence-corrected chi connectivity index (χ0v) is 17.2. The van der Waals surface area contributed by atoms with Crippen molar-refractivity contribution in [3.63, 3.8) is 0 Å². The molecule has 0 aliphatic carbocycles. The highest BCUT2D eigenvalue weighted by Crippen LogP contribution is 2.42. The van der Waals surface area contributed by atoms with E-state index in [4.69, 9.17) is 0 Å². The predicted molar refractivity (Wildman–Crippen MR) is 111 cm³/mol. The summed E-state index contributed by atoms with van der Waals surface area (Å²) in [4.78, 5) is 20.4. The monoisotopic (exact) mass is 369 g/mol. The summed E-state index contributed by atoms with van der Waals surface area (Å²) in [5, 5.41) is 0. The van der Waals surface area contributed by atoms with Crippen molar-refractivity contribution in [1.82, 2.24) is 9.80 Å². The van der Waals surface area contributed by atoms with Gasteiger partial charge in [-0.25, -0.2) is 0 Å². The Hall–Kier alpha value is -1.55. The van der Waals surface area contributed by atoms with E-state index in [1.165, 1.54) is 45.1 Å². The lowest BCUT2D eigenvalue weighted by Crippen LogP contribution is -2.64. The van der Waals surface area contributed by atoms with Crippen LogP contribution in [0.2, 0.25) is 0 Å². The van der Waals surface area contributed by atoms with Gasteiger partial charge in [-0.15, -0.1) is 0 Å². The molecule has 27 heavy (non-hydrogen) atoms. The smallest absolute Gasteiger partial charge is 0.253 e. The summed E-state index contributed by atoms with van der Waals surface area (Å²) in [7, 11) is 4.06. The van der Waals surface area contributed by atoms with Crippen LogP contribution in [0.15, 0.2) is 24.3 Å². The van der Waals surface area contributed by atoms with Crippen LogP contribution in [0.25, 0.3) is 0 Å². The molecular formula is C23H35N3O. The number of piperidine rings is 3. The van der Waals surface area contributed by atoms with E-state index in [1.54, 1.807) is 0 Å². The van der Waals surface area contributed by atoms with Crippen molar-refractivity contribution in [2.24, 2.45) is 11.8 Å². The summed E-state index contributed by atoms with van der Waals surface area (Å²) in [5.41, 5.74) is 1.94. The summed E-state index contributed by atoms with van der Waals surface area (Å²) in [6, 6.07) is 9.49. The third-order valence-electron chi connectivity index (χ3n) is 7.10. The van der Waals surface area contributed by atoms with Gasteiger partial charge in [0.2, 0.25) is 0 Å². The molecule has 3 heterocycles. The van der Waals surface area contributed by atoms with Crippen LogP contribution >= 0.6 is 0 Å². The van der Waals surface area contributed by atoms with E-state index >= 15 is 0 Å². The van der Waals surface area contributed by atoms with E-state index in [-0.39, 0.29) is 5.91 Å². The van der Waals surface area contributed by atoms with Gasteiger partial charge in [-0.3, -0.25) is 9.69 Å². The molecule has 3 aliphatic rings. The minimum Gasteiger partial charge on any atom is -0.378 e. The lowest BCUT2D eigenvalue weighted by molar-refractivity contribution is -0.0670. The molecule has 0 radical (unpaired) electrons. The Labute approximate surface area is 164 Å². The van der Waals surface area contributed by atoms with Crippen LogP contribution in [0.1, 0.15) is 55.8 Å². The van der Waals surface area contributed by atoms with Gasteiger partial charge < -0.3 is 9.80 Å². The Kier molecular flexibility index (Phi) is 5.45. The zero-order chi connectivity index (χ0) is 19.0. The average Bonchev–Trinajstić information content (AvgIpc) is 2.70. The van der Waals surface area contributed by atoms with Gasteiger partial charge in [0.15, 0.2) is 0 Å². The molecule has 1 amide bonds. The molecule has 3 saturated heterocycles. The van der Waals surface area contributed by atoms with Gasteiger partial charge in [0.1, 0.15) is 0 Å². The average molecular weight is 370 g/mol. The number of anilines is 1. The quantitative estimate of drug-likeness (QED) is 0.806. The Balaban J connectivity index is 1.56. The number of benzene rings is 1. The fourth-order valence-corrected chi connectivity index (χ4v) is 5.87. The molecule has 0 saturated carbocycles. The molecule has 0 spiro atoms. The summed E-state index contributed by atoms with van der Waals surface area (Å²) < 4.78 is 0. The first kappa shape index (κ1) is 18.8. The number of carbonyl (C=O) groups is 1. The predicted octanol–water partition coefficient (Wildman–Crippen LogP) is 3.87. The molecule has 3 fully saturated rings. The Morgan fingerprint density at radius 2 is 2.00 bits per heavy atom. The molecule has 4 atom stereocenters. The number of fused-ring (bicyclic) bond motifs is 4. The fourth-order valence-electron chi connectivity index (χ4n) is 5.87. The van der Waals surface area contributed by atoms with Crippen molar-refractivity contribution in [3.8, 4) is 0 Å². The highest BCUT2D eigenvalue weighted by atomic mass is 16.2. The number of hydrogen-bond acceptors (Lipinski definition) is 3. The summed E-state index contributed by atoms with van der Waals surface area (Å²) in [5.74, 6) is 1.55. The minimum absolute atomic E-state index is 0.230. The number of hydrogen-bond donors (Lipinski definition) is 0. The van der Waals surface area contributed by atoms with E-state index in [9.17, 15) is 4.79 Å². The van der Waals surface area contributed by atoms with Gasteiger partial charge >= 0.3 is 0 Å². The van der Waals surface area contributed by atoms with E-state index in [2.05, 4.69) is 27.7 Å². The Morgan fingerprint density at radius 1 is 1.19 bits per heavy atom. The van der Waals surface area contributed by atoms with Gasteiger partial charge in [-0.1, -0.05) is 25.8 Å². The highest BCUT2D eigenvalue weighted by molar-refractivity contribution is 5.95. The number of likely N-dealkylation sites (tertiary alicyclic amines) is 1. The van der Waals surface area contributed by atoms with Gasteiger partial charge in [0.05, 0.1) is 0 Å².